The molecule has 1 amide bonds. The fraction of sp³-hybridized carbons (Fsp3) is 0.0909. The SMILES string of the molecule is CN(C)c1ccc(-n2cccc2C=C(C#N)C(=O)Nc2ccccc2)cc1. The van der Waals surface area contributed by atoms with E-state index in [-0.39, 0.29) is 5.57 Å². The summed E-state index contributed by atoms with van der Waals surface area (Å²) in [6.07, 6.45) is 3.50. The minimum Gasteiger partial charge on any atom is -0.378 e. The summed E-state index contributed by atoms with van der Waals surface area (Å²) in [5.74, 6) is -0.431. The van der Waals surface area contributed by atoms with Crippen LogP contribution in [0.1, 0.15) is 5.69 Å². The van der Waals surface area contributed by atoms with Gasteiger partial charge < -0.3 is 14.8 Å². The van der Waals surface area contributed by atoms with Crippen LogP contribution in [0.2, 0.25) is 0 Å². The van der Waals surface area contributed by atoms with Gasteiger partial charge in [0.05, 0.1) is 0 Å². The third kappa shape index (κ3) is 4.25. The number of hydrogen-bond acceptors (Lipinski definition) is 3. The molecular weight excluding hydrogens is 336 g/mol. The molecule has 0 saturated carbocycles. The van der Waals surface area contributed by atoms with Crippen molar-refractivity contribution in [2.45, 2.75) is 0 Å². The van der Waals surface area contributed by atoms with E-state index in [0.29, 0.717) is 5.69 Å². The first-order valence-corrected chi connectivity index (χ1v) is 8.52. The van der Waals surface area contributed by atoms with E-state index in [1.807, 2.05) is 90.4 Å². The van der Waals surface area contributed by atoms with E-state index < -0.39 is 5.91 Å². The van der Waals surface area contributed by atoms with Crippen LogP contribution in [-0.4, -0.2) is 24.6 Å². The van der Waals surface area contributed by atoms with Crippen LogP contribution in [0.3, 0.4) is 0 Å². The number of carbonyl (C=O) groups excluding carboxylic acids is 1. The van der Waals surface area contributed by atoms with Gasteiger partial charge in [0.2, 0.25) is 0 Å². The molecule has 134 valence electrons. The number of hydrogen-bond donors (Lipinski definition) is 1. The van der Waals surface area contributed by atoms with E-state index >= 15 is 0 Å². The van der Waals surface area contributed by atoms with Gasteiger partial charge in [-0.1, -0.05) is 18.2 Å². The van der Waals surface area contributed by atoms with Crippen molar-refractivity contribution in [3.8, 4) is 11.8 Å². The second-order valence-electron chi connectivity index (χ2n) is 6.20. The molecule has 0 atom stereocenters. The molecule has 1 heterocycles. The van der Waals surface area contributed by atoms with E-state index in [2.05, 4.69) is 5.32 Å². The molecular formula is C22H20N4O. The van der Waals surface area contributed by atoms with E-state index in [1.54, 1.807) is 18.2 Å². The fourth-order valence-electron chi connectivity index (χ4n) is 2.67. The van der Waals surface area contributed by atoms with Gasteiger partial charge in [0.15, 0.2) is 0 Å². The molecule has 0 aliphatic rings. The largest absolute Gasteiger partial charge is 0.378 e. The van der Waals surface area contributed by atoms with Crippen LogP contribution in [0.25, 0.3) is 11.8 Å². The molecule has 0 aliphatic carbocycles. The third-order valence-electron chi connectivity index (χ3n) is 4.11. The molecule has 3 aromatic rings. The Morgan fingerprint density at radius 1 is 1.04 bits per heavy atom. The maximum Gasteiger partial charge on any atom is 0.266 e. The molecule has 27 heavy (non-hydrogen) atoms. The Bertz CT molecular complexity index is 993. The molecule has 0 radical (unpaired) electrons. The average molecular weight is 356 g/mol. The quantitative estimate of drug-likeness (QED) is 0.553. The number of aromatic nitrogens is 1. The second-order valence-corrected chi connectivity index (χ2v) is 6.20. The maximum atomic E-state index is 12.4. The van der Waals surface area contributed by atoms with Gasteiger partial charge >= 0.3 is 0 Å². The second kappa shape index (κ2) is 8.07. The van der Waals surface area contributed by atoms with Crippen molar-refractivity contribution in [1.29, 1.82) is 5.26 Å². The van der Waals surface area contributed by atoms with Gasteiger partial charge in [0.1, 0.15) is 11.6 Å². The zero-order valence-electron chi connectivity index (χ0n) is 15.3. The summed E-state index contributed by atoms with van der Waals surface area (Å²) < 4.78 is 1.94. The summed E-state index contributed by atoms with van der Waals surface area (Å²) in [5, 5.41) is 12.2. The molecule has 1 N–H and O–H groups in total. The smallest absolute Gasteiger partial charge is 0.266 e. The first-order valence-electron chi connectivity index (χ1n) is 8.52. The van der Waals surface area contributed by atoms with E-state index in [9.17, 15) is 10.1 Å². The van der Waals surface area contributed by atoms with Crippen molar-refractivity contribution in [2.24, 2.45) is 0 Å². The van der Waals surface area contributed by atoms with Gasteiger partial charge in [-0.25, -0.2) is 0 Å². The Hall–Kier alpha value is -3.78. The highest BCUT2D eigenvalue weighted by atomic mass is 16.1. The number of nitrogens with zero attached hydrogens (tertiary/aromatic N) is 3. The molecule has 5 nitrogen and oxygen atoms in total. The first-order chi connectivity index (χ1) is 13.1. The number of rotatable bonds is 5. The summed E-state index contributed by atoms with van der Waals surface area (Å²) in [4.78, 5) is 14.5. The van der Waals surface area contributed by atoms with Gasteiger partial charge in [-0.3, -0.25) is 4.79 Å². The summed E-state index contributed by atoms with van der Waals surface area (Å²) in [6, 6.07) is 22.9. The van der Waals surface area contributed by atoms with Crippen molar-refractivity contribution in [3.63, 3.8) is 0 Å². The number of nitrogens with one attached hydrogen (secondary N) is 1. The lowest BCUT2D eigenvalue weighted by Crippen LogP contribution is -2.13. The minimum absolute atomic E-state index is 0.0451. The van der Waals surface area contributed by atoms with Crippen LogP contribution in [0.15, 0.2) is 78.5 Å². The standard InChI is InChI=1S/C22H20N4O/c1-25(2)19-10-12-20(13-11-19)26-14-6-9-21(26)15-17(16-23)22(27)24-18-7-4-3-5-8-18/h3-15H,1-2H3,(H,24,27). The predicted octanol–water partition coefficient (Wildman–Crippen LogP) is 4.09. The van der Waals surface area contributed by atoms with Crippen LogP contribution in [0.5, 0.6) is 0 Å². The molecule has 0 bridgehead atoms. The monoisotopic (exact) mass is 356 g/mol. The number of carbonyl (C=O) groups is 1. The summed E-state index contributed by atoms with van der Waals surface area (Å²) in [5.41, 5.74) is 3.51. The zero-order chi connectivity index (χ0) is 19.2. The van der Waals surface area contributed by atoms with Gasteiger partial charge in [-0.15, -0.1) is 0 Å². The maximum absolute atomic E-state index is 12.4. The average Bonchev–Trinajstić information content (AvgIpc) is 3.15. The van der Waals surface area contributed by atoms with Crippen LogP contribution in [-0.2, 0) is 4.79 Å². The Morgan fingerprint density at radius 2 is 1.74 bits per heavy atom. The van der Waals surface area contributed by atoms with Gasteiger partial charge in [0, 0.05) is 43.0 Å². The van der Waals surface area contributed by atoms with Crippen LogP contribution in [0.4, 0.5) is 11.4 Å². The number of anilines is 2. The van der Waals surface area contributed by atoms with E-state index in [1.165, 1.54) is 0 Å². The molecule has 0 spiro atoms. The van der Waals surface area contributed by atoms with Crippen molar-refractivity contribution in [3.05, 3.63) is 84.2 Å². The molecule has 0 unspecified atom stereocenters. The zero-order valence-corrected chi connectivity index (χ0v) is 15.3. The third-order valence-corrected chi connectivity index (χ3v) is 4.11. The van der Waals surface area contributed by atoms with Crippen LogP contribution >= 0.6 is 0 Å². The Kier molecular flexibility index (Phi) is 5.38. The predicted molar refractivity (Wildman–Crippen MR) is 109 cm³/mol. The normalized spacial score (nSPS) is 10.9. The van der Waals surface area contributed by atoms with Crippen molar-refractivity contribution < 1.29 is 4.79 Å². The summed E-state index contributed by atoms with van der Waals surface area (Å²) >= 11 is 0. The summed E-state index contributed by atoms with van der Waals surface area (Å²) in [6.45, 7) is 0. The number of amides is 1. The molecule has 1 aromatic heterocycles. The van der Waals surface area contributed by atoms with Gasteiger partial charge in [-0.05, 0) is 54.6 Å². The highest BCUT2D eigenvalue weighted by Crippen LogP contribution is 2.19. The number of nitriles is 1. The lowest BCUT2D eigenvalue weighted by atomic mass is 10.2. The van der Waals surface area contributed by atoms with Crippen molar-refractivity contribution in [2.75, 3.05) is 24.3 Å². The summed E-state index contributed by atoms with van der Waals surface area (Å²) in [7, 11) is 3.98. The fourth-order valence-corrected chi connectivity index (χ4v) is 2.67. The van der Waals surface area contributed by atoms with Gasteiger partial charge in [0.25, 0.3) is 5.91 Å². The van der Waals surface area contributed by atoms with Crippen LogP contribution in [0, 0.1) is 11.3 Å². The highest BCUT2D eigenvalue weighted by molar-refractivity contribution is 6.09. The molecule has 5 heteroatoms. The molecule has 0 saturated heterocycles. The van der Waals surface area contributed by atoms with E-state index in [0.717, 1.165) is 17.1 Å². The van der Waals surface area contributed by atoms with Crippen molar-refractivity contribution >= 4 is 23.4 Å². The first kappa shape index (κ1) is 18.0. The minimum atomic E-state index is -0.431. The Labute approximate surface area is 158 Å². The van der Waals surface area contributed by atoms with E-state index in [4.69, 9.17) is 0 Å². The molecule has 0 fully saturated rings. The lowest BCUT2D eigenvalue weighted by Gasteiger charge is -2.14. The van der Waals surface area contributed by atoms with Gasteiger partial charge in [-0.2, -0.15) is 5.26 Å². The lowest BCUT2D eigenvalue weighted by molar-refractivity contribution is -0.112. The van der Waals surface area contributed by atoms with Crippen molar-refractivity contribution in [1.82, 2.24) is 4.57 Å². The Balaban J connectivity index is 1.87. The number of para-hydroxylation sites is 1. The topological polar surface area (TPSA) is 61.1 Å². The molecule has 3 rings (SSSR count). The molecule has 2 aromatic carbocycles. The molecule has 0 aliphatic heterocycles. The Morgan fingerprint density at radius 3 is 2.37 bits per heavy atom. The van der Waals surface area contributed by atoms with Crippen LogP contribution < -0.4 is 10.2 Å². The highest BCUT2D eigenvalue weighted by Gasteiger charge is 2.11. The number of benzene rings is 2.